The van der Waals surface area contributed by atoms with E-state index in [-0.39, 0.29) is 24.0 Å². The number of guanidine groups is 1. The molecule has 0 amide bonds. The number of nitrogens with zero attached hydrogens (tertiary/aromatic N) is 4. The third-order valence-corrected chi connectivity index (χ3v) is 5.14. The Hall–Kier alpha value is -0.450. The van der Waals surface area contributed by atoms with Crippen LogP contribution >= 0.6 is 35.3 Å². The molecule has 1 saturated heterocycles. The molecule has 0 radical (unpaired) electrons. The monoisotopic (exact) mass is 466 g/mol. The molecule has 24 heavy (non-hydrogen) atoms. The first-order valence-electron chi connectivity index (χ1n) is 8.27. The van der Waals surface area contributed by atoms with Crippen LogP contribution in [-0.2, 0) is 6.54 Å². The van der Waals surface area contributed by atoms with Crippen LogP contribution < -0.4 is 10.6 Å². The maximum atomic E-state index is 4.65. The van der Waals surface area contributed by atoms with Gasteiger partial charge in [0.1, 0.15) is 5.01 Å². The average Bonchev–Trinajstić information content (AvgIpc) is 3.00. The van der Waals surface area contributed by atoms with Crippen molar-refractivity contribution in [2.45, 2.75) is 32.4 Å². The first-order chi connectivity index (χ1) is 11.0. The Bertz CT molecular complexity index is 518. The zero-order valence-corrected chi connectivity index (χ0v) is 18.5. The zero-order valence-electron chi connectivity index (χ0n) is 15.4. The fraction of sp³-hybridized carbons (Fsp3) is 0.750. The van der Waals surface area contributed by atoms with Gasteiger partial charge in [-0.3, -0.25) is 9.89 Å². The van der Waals surface area contributed by atoms with Crippen LogP contribution in [-0.4, -0.2) is 74.1 Å². The Kier molecular flexibility index (Phi) is 9.47. The van der Waals surface area contributed by atoms with Crippen molar-refractivity contribution >= 4 is 41.3 Å². The molecule has 1 aromatic heterocycles. The number of nitrogens with one attached hydrogen (secondary N) is 2. The van der Waals surface area contributed by atoms with E-state index in [1.165, 1.54) is 5.69 Å². The molecule has 1 fully saturated rings. The summed E-state index contributed by atoms with van der Waals surface area (Å²) in [6.07, 6.45) is 0. The van der Waals surface area contributed by atoms with Crippen molar-refractivity contribution in [3.8, 4) is 0 Å². The Morgan fingerprint density at radius 2 is 2.12 bits per heavy atom. The lowest BCUT2D eigenvalue weighted by atomic mass is 10.2. The van der Waals surface area contributed by atoms with Gasteiger partial charge in [0.15, 0.2) is 5.96 Å². The molecule has 0 spiro atoms. The van der Waals surface area contributed by atoms with Gasteiger partial charge in [-0.1, -0.05) is 13.8 Å². The third kappa shape index (κ3) is 6.45. The lowest BCUT2D eigenvalue weighted by Crippen LogP contribution is -2.55. The fourth-order valence-electron chi connectivity index (χ4n) is 2.59. The first-order valence-corrected chi connectivity index (χ1v) is 9.15. The summed E-state index contributed by atoms with van der Waals surface area (Å²) in [5, 5.41) is 10.0. The molecule has 1 unspecified atom stereocenters. The normalized spacial score (nSPS) is 20.1. The van der Waals surface area contributed by atoms with Gasteiger partial charge in [-0.05, 0) is 20.0 Å². The highest BCUT2D eigenvalue weighted by Crippen LogP contribution is 2.17. The van der Waals surface area contributed by atoms with Gasteiger partial charge in [-0.2, -0.15) is 0 Å². The Morgan fingerprint density at radius 1 is 1.38 bits per heavy atom. The molecule has 1 aromatic rings. The summed E-state index contributed by atoms with van der Waals surface area (Å²) >= 11 is 1.71. The van der Waals surface area contributed by atoms with Gasteiger partial charge in [-0.15, -0.1) is 35.3 Å². The Morgan fingerprint density at radius 3 is 2.75 bits per heavy atom. The van der Waals surface area contributed by atoms with E-state index in [1.54, 1.807) is 11.3 Å². The highest BCUT2D eigenvalue weighted by atomic mass is 127. The number of likely N-dealkylation sites (N-methyl/N-ethyl adjacent to an activating group) is 2. The van der Waals surface area contributed by atoms with Gasteiger partial charge in [0.05, 0.1) is 12.2 Å². The van der Waals surface area contributed by atoms with Crippen molar-refractivity contribution in [3.63, 3.8) is 0 Å². The summed E-state index contributed by atoms with van der Waals surface area (Å²) in [5.74, 6) is 1.32. The maximum Gasteiger partial charge on any atom is 0.191 e. The van der Waals surface area contributed by atoms with Gasteiger partial charge in [-0.25, -0.2) is 4.98 Å². The second-order valence-electron chi connectivity index (χ2n) is 6.52. The van der Waals surface area contributed by atoms with E-state index in [0.29, 0.717) is 12.0 Å². The number of aromatic nitrogens is 1. The van der Waals surface area contributed by atoms with Gasteiger partial charge in [0.2, 0.25) is 0 Å². The highest BCUT2D eigenvalue weighted by molar-refractivity contribution is 14.0. The van der Waals surface area contributed by atoms with E-state index in [2.05, 4.69) is 63.7 Å². The molecule has 1 atom stereocenters. The van der Waals surface area contributed by atoms with Crippen LogP contribution in [0.1, 0.15) is 30.5 Å². The summed E-state index contributed by atoms with van der Waals surface area (Å²) < 4.78 is 0. The zero-order chi connectivity index (χ0) is 16.8. The minimum absolute atomic E-state index is 0. The molecular formula is C16H31IN6S. The van der Waals surface area contributed by atoms with E-state index in [0.717, 1.165) is 43.7 Å². The molecule has 2 N–H and O–H groups in total. The second-order valence-corrected chi connectivity index (χ2v) is 7.47. The van der Waals surface area contributed by atoms with Crippen LogP contribution in [0.3, 0.4) is 0 Å². The highest BCUT2D eigenvalue weighted by Gasteiger charge is 2.22. The van der Waals surface area contributed by atoms with Crippen LogP contribution in [0.15, 0.2) is 10.4 Å². The summed E-state index contributed by atoms with van der Waals surface area (Å²) in [5.41, 5.74) is 1.17. The molecular weight excluding hydrogens is 435 g/mol. The minimum atomic E-state index is 0. The van der Waals surface area contributed by atoms with Crippen molar-refractivity contribution < 1.29 is 0 Å². The SMILES string of the molecule is CN=C(NCc1nc(C(C)C)cs1)NCC1CN(C)CCN1C.I. The van der Waals surface area contributed by atoms with Crippen molar-refractivity contribution in [3.05, 3.63) is 16.1 Å². The molecule has 0 bridgehead atoms. The molecule has 8 heteroatoms. The number of hydrogen-bond acceptors (Lipinski definition) is 5. The molecule has 0 saturated carbocycles. The van der Waals surface area contributed by atoms with Gasteiger partial charge in [0.25, 0.3) is 0 Å². The second kappa shape index (κ2) is 10.5. The number of piperazine rings is 1. The quantitative estimate of drug-likeness (QED) is 0.394. The Labute approximate surface area is 167 Å². The number of aliphatic imine (C=N–C) groups is 1. The van der Waals surface area contributed by atoms with Crippen LogP contribution in [0, 0.1) is 0 Å². The van der Waals surface area contributed by atoms with Crippen LogP contribution in [0.25, 0.3) is 0 Å². The van der Waals surface area contributed by atoms with Gasteiger partial charge < -0.3 is 15.5 Å². The van der Waals surface area contributed by atoms with E-state index >= 15 is 0 Å². The first kappa shape index (κ1) is 21.6. The summed E-state index contributed by atoms with van der Waals surface area (Å²) in [7, 11) is 6.19. The lowest BCUT2D eigenvalue weighted by Gasteiger charge is -2.37. The summed E-state index contributed by atoms with van der Waals surface area (Å²) in [6.45, 7) is 9.31. The van der Waals surface area contributed by atoms with Crippen LogP contribution in [0.5, 0.6) is 0 Å². The molecule has 1 aliphatic rings. The minimum Gasteiger partial charge on any atom is -0.355 e. The van der Waals surface area contributed by atoms with E-state index in [1.807, 2.05) is 7.05 Å². The predicted molar refractivity (Wildman–Crippen MR) is 114 cm³/mol. The van der Waals surface area contributed by atoms with Crippen molar-refractivity contribution in [1.82, 2.24) is 25.4 Å². The van der Waals surface area contributed by atoms with Crippen molar-refractivity contribution in [2.24, 2.45) is 4.99 Å². The average molecular weight is 466 g/mol. The molecule has 0 aromatic carbocycles. The molecule has 2 rings (SSSR count). The lowest BCUT2D eigenvalue weighted by molar-refractivity contribution is 0.116. The standard InChI is InChI=1S/C16H30N6S.HI/c1-12(2)14-11-23-15(20-14)9-19-16(17-3)18-8-13-10-21(4)6-7-22(13)5;/h11-13H,6-10H2,1-5H3,(H2,17,18,19);1H. The number of thiazole rings is 1. The van der Waals surface area contributed by atoms with Crippen molar-refractivity contribution in [1.29, 1.82) is 0 Å². The molecule has 138 valence electrons. The number of halogens is 1. The molecule has 2 heterocycles. The van der Waals surface area contributed by atoms with Crippen molar-refractivity contribution in [2.75, 3.05) is 47.3 Å². The van der Waals surface area contributed by atoms with Crippen LogP contribution in [0.2, 0.25) is 0 Å². The predicted octanol–water partition coefficient (Wildman–Crippen LogP) is 1.80. The molecule has 6 nitrogen and oxygen atoms in total. The van der Waals surface area contributed by atoms with E-state index in [4.69, 9.17) is 0 Å². The third-order valence-electron chi connectivity index (χ3n) is 4.28. The molecule has 0 aliphatic carbocycles. The van der Waals surface area contributed by atoms with Gasteiger partial charge in [0, 0.05) is 44.6 Å². The molecule has 1 aliphatic heterocycles. The fourth-order valence-corrected chi connectivity index (χ4v) is 3.48. The smallest absolute Gasteiger partial charge is 0.191 e. The number of hydrogen-bond donors (Lipinski definition) is 2. The van der Waals surface area contributed by atoms with Gasteiger partial charge >= 0.3 is 0 Å². The largest absolute Gasteiger partial charge is 0.355 e. The van der Waals surface area contributed by atoms with Crippen LogP contribution in [0.4, 0.5) is 0 Å². The van der Waals surface area contributed by atoms with E-state index in [9.17, 15) is 0 Å². The van der Waals surface area contributed by atoms with E-state index < -0.39 is 0 Å². The summed E-state index contributed by atoms with van der Waals surface area (Å²) in [6, 6.07) is 0.514. The topological polar surface area (TPSA) is 55.8 Å². The summed E-state index contributed by atoms with van der Waals surface area (Å²) in [4.78, 5) is 13.8. The Balaban J connectivity index is 0.00000288. The number of rotatable bonds is 5. The maximum absolute atomic E-state index is 4.65.